The molecule has 106 valence electrons. The molecule has 0 amide bonds. The Hall–Kier alpha value is -1.67. The molecule has 2 aromatic rings. The van der Waals surface area contributed by atoms with Crippen LogP contribution in [0.1, 0.15) is 24.1 Å². The van der Waals surface area contributed by atoms with E-state index in [2.05, 4.69) is 48.3 Å². The second kappa shape index (κ2) is 6.19. The van der Waals surface area contributed by atoms with Crippen LogP contribution in [-0.2, 0) is 0 Å². The highest BCUT2D eigenvalue weighted by molar-refractivity contribution is 6.31. The lowest BCUT2D eigenvalue weighted by Gasteiger charge is -2.20. The largest absolute Gasteiger partial charge is 0.378 e. The number of anilines is 2. The van der Waals surface area contributed by atoms with E-state index in [9.17, 15) is 0 Å². The van der Waals surface area contributed by atoms with E-state index in [0.717, 1.165) is 16.3 Å². The van der Waals surface area contributed by atoms with E-state index in [-0.39, 0.29) is 6.04 Å². The van der Waals surface area contributed by atoms with Crippen LogP contribution in [0.4, 0.5) is 11.4 Å². The highest BCUT2D eigenvalue weighted by atomic mass is 35.5. The van der Waals surface area contributed by atoms with E-state index in [4.69, 9.17) is 11.6 Å². The maximum atomic E-state index is 6.25. The number of nitrogens with zero attached hydrogens (tertiary/aromatic N) is 1. The Bertz CT molecular complexity index is 593. The Labute approximate surface area is 126 Å². The highest BCUT2D eigenvalue weighted by Crippen LogP contribution is 2.28. The molecule has 3 heteroatoms. The third kappa shape index (κ3) is 3.26. The third-order valence-corrected chi connectivity index (χ3v) is 3.81. The van der Waals surface area contributed by atoms with Crippen molar-refractivity contribution in [3.63, 3.8) is 0 Å². The normalized spacial score (nSPS) is 12.1. The Morgan fingerprint density at radius 2 is 1.80 bits per heavy atom. The summed E-state index contributed by atoms with van der Waals surface area (Å²) in [7, 11) is 4.10. The van der Waals surface area contributed by atoms with Gasteiger partial charge in [0.05, 0.1) is 0 Å². The van der Waals surface area contributed by atoms with Crippen molar-refractivity contribution in [2.24, 2.45) is 0 Å². The molecule has 0 saturated carbocycles. The first-order valence-electron chi connectivity index (χ1n) is 6.78. The van der Waals surface area contributed by atoms with Gasteiger partial charge in [0.1, 0.15) is 0 Å². The van der Waals surface area contributed by atoms with Crippen LogP contribution in [0.5, 0.6) is 0 Å². The molecular weight excluding hydrogens is 268 g/mol. The van der Waals surface area contributed by atoms with Gasteiger partial charge in [-0.25, -0.2) is 0 Å². The van der Waals surface area contributed by atoms with Crippen molar-refractivity contribution >= 4 is 23.0 Å². The molecule has 0 aliphatic rings. The molecule has 0 fully saturated rings. The summed E-state index contributed by atoms with van der Waals surface area (Å²) >= 11 is 6.25. The SMILES string of the molecule is Cc1cc(N(C)C)ccc1NC(C)c1ccccc1Cl. The quantitative estimate of drug-likeness (QED) is 0.862. The van der Waals surface area contributed by atoms with E-state index in [1.807, 2.05) is 32.3 Å². The first-order chi connectivity index (χ1) is 9.49. The van der Waals surface area contributed by atoms with Gasteiger partial charge in [0.15, 0.2) is 0 Å². The average Bonchev–Trinajstić information content (AvgIpc) is 2.41. The summed E-state index contributed by atoms with van der Waals surface area (Å²) in [5.41, 5.74) is 4.70. The molecule has 1 N–H and O–H groups in total. The zero-order valence-corrected chi connectivity index (χ0v) is 13.2. The highest BCUT2D eigenvalue weighted by Gasteiger charge is 2.10. The Morgan fingerprint density at radius 3 is 2.40 bits per heavy atom. The minimum Gasteiger partial charge on any atom is -0.378 e. The molecule has 2 aromatic carbocycles. The fourth-order valence-electron chi connectivity index (χ4n) is 2.23. The molecule has 1 atom stereocenters. The topological polar surface area (TPSA) is 15.3 Å². The van der Waals surface area contributed by atoms with Gasteiger partial charge in [0, 0.05) is 36.5 Å². The molecule has 0 radical (unpaired) electrons. The van der Waals surface area contributed by atoms with Gasteiger partial charge in [-0.1, -0.05) is 29.8 Å². The van der Waals surface area contributed by atoms with E-state index in [1.54, 1.807) is 0 Å². The van der Waals surface area contributed by atoms with Crippen molar-refractivity contribution < 1.29 is 0 Å². The zero-order valence-electron chi connectivity index (χ0n) is 12.4. The van der Waals surface area contributed by atoms with Crippen LogP contribution < -0.4 is 10.2 Å². The van der Waals surface area contributed by atoms with Gasteiger partial charge in [-0.05, 0) is 49.2 Å². The standard InChI is InChI=1S/C17H21ClN2/c1-12-11-14(20(3)4)9-10-17(12)19-13(2)15-7-5-6-8-16(15)18/h5-11,13,19H,1-4H3. The van der Waals surface area contributed by atoms with Crippen molar-refractivity contribution in [1.82, 2.24) is 0 Å². The molecule has 0 aliphatic carbocycles. The molecule has 2 nitrogen and oxygen atoms in total. The molecule has 1 unspecified atom stereocenters. The van der Waals surface area contributed by atoms with E-state index in [1.165, 1.54) is 11.3 Å². The lowest BCUT2D eigenvalue weighted by atomic mass is 10.1. The van der Waals surface area contributed by atoms with Crippen LogP contribution in [0.2, 0.25) is 5.02 Å². The number of rotatable bonds is 4. The molecule has 0 heterocycles. The fourth-order valence-corrected chi connectivity index (χ4v) is 2.52. The Balaban J connectivity index is 2.20. The van der Waals surface area contributed by atoms with E-state index in [0.29, 0.717) is 0 Å². The van der Waals surface area contributed by atoms with Gasteiger partial charge in [0.25, 0.3) is 0 Å². The van der Waals surface area contributed by atoms with Gasteiger partial charge in [-0.2, -0.15) is 0 Å². The Kier molecular flexibility index (Phi) is 4.56. The van der Waals surface area contributed by atoms with Crippen LogP contribution in [-0.4, -0.2) is 14.1 Å². The summed E-state index contributed by atoms with van der Waals surface area (Å²) in [6.07, 6.45) is 0. The van der Waals surface area contributed by atoms with Gasteiger partial charge in [-0.15, -0.1) is 0 Å². The van der Waals surface area contributed by atoms with Gasteiger partial charge < -0.3 is 10.2 Å². The molecule has 0 aromatic heterocycles. The number of nitrogens with one attached hydrogen (secondary N) is 1. The second-order valence-corrected chi connectivity index (χ2v) is 5.69. The van der Waals surface area contributed by atoms with Crippen LogP contribution >= 0.6 is 11.6 Å². The molecular formula is C17H21ClN2. The smallest absolute Gasteiger partial charge is 0.0500 e. The number of halogens is 1. The summed E-state index contributed by atoms with van der Waals surface area (Å²) in [6.45, 7) is 4.25. The van der Waals surface area contributed by atoms with Crippen LogP contribution in [0.25, 0.3) is 0 Å². The molecule has 0 spiro atoms. The maximum Gasteiger partial charge on any atom is 0.0500 e. The lowest BCUT2D eigenvalue weighted by molar-refractivity contribution is 0.883. The first kappa shape index (κ1) is 14.7. The third-order valence-electron chi connectivity index (χ3n) is 3.47. The van der Waals surface area contributed by atoms with Crippen molar-refractivity contribution in [2.45, 2.75) is 19.9 Å². The predicted molar refractivity (Wildman–Crippen MR) is 89.0 cm³/mol. The summed E-state index contributed by atoms with van der Waals surface area (Å²) in [4.78, 5) is 2.11. The van der Waals surface area contributed by atoms with Crippen molar-refractivity contribution in [2.75, 3.05) is 24.3 Å². The number of aryl methyl sites for hydroxylation is 1. The molecule has 0 bridgehead atoms. The number of benzene rings is 2. The maximum absolute atomic E-state index is 6.25. The minimum atomic E-state index is 0.174. The zero-order chi connectivity index (χ0) is 14.7. The predicted octanol–water partition coefficient (Wildman–Crippen LogP) is 4.89. The number of hydrogen-bond acceptors (Lipinski definition) is 2. The Morgan fingerprint density at radius 1 is 1.10 bits per heavy atom. The van der Waals surface area contributed by atoms with E-state index >= 15 is 0 Å². The summed E-state index contributed by atoms with van der Waals surface area (Å²) < 4.78 is 0. The second-order valence-electron chi connectivity index (χ2n) is 5.28. The molecule has 20 heavy (non-hydrogen) atoms. The summed E-state index contributed by atoms with van der Waals surface area (Å²) in [5, 5.41) is 4.33. The molecule has 0 saturated heterocycles. The van der Waals surface area contributed by atoms with E-state index < -0.39 is 0 Å². The van der Waals surface area contributed by atoms with Crippen molar-refractivity contribution in [1.29, 1.82) is 0 Å². The van der Waals surface area contributed by atoms with Crippen LogP contribution in [0.15, 0.2) is 42.5 Å². The lowest BCUT2D eigenvalue weighted by Crippen LogP contribution is -2.11. The van der Waals surface area contributed by atoms with Gasteiger partial charge in [0.2, 0.25) is 0 Å². The first-order valence-corrected chi connectivity index (χ1v) is 7.16. The van der Waals surface area contributed by atoms with Crippen LogP contribution in [0.3, 0.4) is 0 Å². The minimum absolute atomic E-state index is 0.174. The number of hydrogen-bond donors (Lipinski definition) is 1. The van der Waals surface area contributed by atoms with Crippen molar-refractivity contribution in [3.8, 4) is 0 Å². The fraction of sp³-hybridized carbons (Fsp3) is 0.294. The van der Waals surface area contributed by atoms with Gasteiger partial charge in [-0.3, -0.25) is 0 Å². The summed E-state index contributed by atoms with van der Waals surface area (Å²) in [5.74, 6) is 0. The average molecular weight is 289 g/mol. The molecule has 0 aliphatic heterocycles. The monoisotopic (exact) mass is 288 g/mol. The van der Waals surface area contributed by atoms with Crippen LogP contribution in [0, 0.1) is 6.92 Å². The van der Waals surface area contributed by atoms with Gasteiger partial charge >= 0.3 is 0 Å². The summed E-state index contributed by atoms with van der Waals surface area (Å²) in [6, 6.07) is 14.6. The van der Waals surface area contributed by atoms with Crippen molar-refractivity contribution in [3.05, 3.63) is 58.6 Å². The molecule has 2 rings (SSSR count).